The van der Waals surface area contributed by atoms with Crippen molar-refractivity contribution in [2.45, 2.75) is 20.0 Å². The molecule has 0 aliphatic rings. The van der Waals surface area contributed by atoms with Gasteiger partial charge in [0.25, 0.3) is 0 Å². The van der Waals surface area contributed by atoms with Crippen LogP contribution in [-0.2, 0) is 13.0 Å². The van der Waals surface area contributed by atoms with E-state index in [2.05, 4.69) is 10.3 Å². The Hall–Kier alpha value is -2.66. The van der Waals surface area contributed by atoms with Crippen LogP contribution in [0.5, 0.6) is 11.5 Å². The van der Waals surface area contributed by atoms with E-state index in [0.717, 1.165) is 29.3 Å². The summed E-state index contributed by atoms with van der Waals surface area (Å²) in [6.07, 6.45) is 0.755. The van der Waals surface area contributed by atoms with Crippen molar-refractivity contribution in [3.05, 3.63) is 66.0 Å². The molecule has 22 heavy (non-hydrogen) atoms. The number of ether oxygens (including phenoxy) is 1. The lowest BCUT2D eigenvalue weighted by Crippen LogP contribution is -2.02. The SMILES string of the molecule is CCc1c(CO)nnn1-c1ccc(Oc2ccccc2)cc1. The van der Waals surface area contributed by atoms with Crippen LogP contribution in [-0.4, -0.2) is 20.1 Å². The van der Waals surface area contributed by atoms with Gasteiger partial charge in [0.15, 0.2) is 0 Å². The van der Waals surface area contributed by atoms with E-state index < -0.39 is 0 Å². The van der Waals surface area contributed by atoms with Crippen molar-refractivity contribution in [2.24, 2.45) is 0 Å². The van der Waals surface area contributed by atoms with E-state index in [-0.39, 0.29) is 6.61 Å². The van der Waals surface area contributed by atoms with E-state index in [1.54, 1.807) is 4.68 Å². The van der Waals surface area contributed by atoms with Crippen LogP contribution < -0.4 is 4.74 Å². The smallest absolute Gasteiger partial charge is 0.127 e. The monoisotopic (exact) mass is 295 g/mol. The molecular formula is C17H17N3O2. The molecule has 0 spiro atoms. The Balaban J connectivity index is 1.84. The summed E-state index contributed by atoms with van der Waals surface area (Å²) >= 11 is 0. The summed E-state index contributed by atoms with van der Waals surface area (Å²) in [5, 5.41) is 17.4. The number of aliphatic hydroxyl groups is 1. The number of nitrogens with zero attached hydrogens (tertiary/aromatic N) is 3. The van der Waals surface area contributed by atoms with Crippen LogP contribution in [0.15, 0.2) is 54.6 Å². The van der Waals surface area contributed by atoms with Crippen LogP contribution in [0.4, 0.5) is 0 Å². The molecule has 0 radical (unpaired) electrons. The van der Waals surface area contributed by atoms with Gasteiger partial charge in [-0.3, -0.25) is 0 Å². The van der Waals surface area contributed by atoms with Gasteiger partial charge in [0.2, 0.25) is 0 Å². The van der Waals surface area contributed by atoms with Crippen molar-refractivity contribution in [1.29, 1.82) is 0 Å². The van der Waals surface area contributed by atoms with Crippen LogP contribution in [0.1, 0.15) is 18.3 Å². The maximum absolute atomic E-state index is 9.28. The van der Waals surface area contributed by atoms with Crippen molar-refractivity contribution in [1.82, 2.24) is 15.0 Å². The molecule has 0 aliphatic heterocycles. The normalized spacial score (nSPS) is 10.6. The van der Waals surface area contributed by atoms with Gasteiger partial charge in [0, 0.05) is 0 Å². The van der Waals surface area contributed by atoms with Crippen LogP contribution in [0.3, 0.4) is 0 Å². The quantitative estimate of drug-likeness (QED) is 0.785. The number of benzene rings is 2. The topological polar surface area (TPSA) is 60.2 Å². The van der Waals surface area contributed by atoms with Crippen LogP contribution in [0.2, 0.25) is 0 Å². The summed E-state index contributed by atoms with van der Waals surface area (Å²) in [5.41, 5.74) is 2.43. The molecular weight excluding hydrogens is 278 g/mol. The van der Waals surface area contributed by atoms with Gasteiger partial charge in [-0.05, 0) is 42.8 Å². The zero-order valence-corrected chi connectivity index (χ0v) is 12.3. The molecule has 3 rings (SSSR count). The molecule has 0 atom stereocenters. The summed E-state index contributed by atoms with van der Waals surface area (Å²) in [4.78, 5) is 0. The second-order valence-corrected chi connectivity index (χ2v) is 4.82. The Morgan fingerprint density at radius 1 is 1.00 bits per heavy atom. The fourth-order valence-corrected chi connectivity index (χ4v) is 2.30. The highest BCUT2D eigenvalue weighted by Crippen LogP contribution is 2.23. The van der Waals surface area contributed by atoms with Crippen LogP contribution >= 0.6 is 0 Å². The van der Waals surface area contributed by atoms with Gasteiger partial charge >= 0.3 is 0 Å². The maximum atomic E-state index is 9.28. The van der Waals surface area contributed by atoms with Crippen molar-refractivity contribution in [3.8, 4) is 17.2 Å². The van der Waals surface area contributed by atoms with Gasteiger partial charge in [-0.25, -0.2) is 4.68 Å². The maximum Gasteiger partial charge on any atom is 0.127 e. The Morgan fingerprint density at radius 2 is 1.68 bits per heavy atom. The molecule has 0 amide bonds. The zero-order valence-electron chi connectivity index (χ0n) is 12.3. The first-order valence-corrected chi connectivity index (χ1v) is 7.19. The second kappa shape index (κ2) is 6.41. The minimum absolute atomic E-state index is 0.0988. The van der Waals surface area contributed by atoms with Gasteiger partial charge < -0.3 is 9.84 Å². The second-order valence-electron chi connectivity index (χ2n) is 4.82. The third-order valence-corrected chi connectivity index (χ3v) is 3.39. The van der Waals surface area contributed by atoms with E-state index in [1.807, 2.05) is 61.5 Å². The van der Waals surface area contributed by atoms with Crippen LogP contribution in [0.25, 0.3) is 5.69 Å². The van der Waals surface area contributed by atoms with Crippen LogP contribution in [0, 0.1) is 0 Å². The van der Waals surface area contributed by atoms with E-state index in [1.165, 1.54) is 0 Å². The van der Waals surface area contributed by atoms with Crippen molar-refractivity contribution < 1.29 is 9.84 Å². The Morgan fingerprint density at radius 3 is 2.32 bits per heavy atom. The molecule has 0 fully saturated rings. The first kappa shape index (κ1) is 14.3. The molecule has 0 aliphatic carbocycles. The predicted molar refractivity (Wildman–Crippen MR) is 83.2 cm³/mol. The van der Waals surface area contributed by atoms with Gasteiger partial charge in [-0.15, -0.1) is 5.10 Å². The molecule has 0 saturated carbocycles. The van der Waals surface area contributed by atoms with E-state index in [9.17, 15) is 5.11 Å². The summed E-state index contributed by atoms with van der Waals surface area (Å²) in [6.45, 7) is 1.92. The highest BCUT2D eigenvalue weighted by molar-refractivity contribution is 5.40. The van der Waals surface area contributed by atoms with Gasteiger partial charge in [-0.2, -0.15) is 0 Å². The summed E-state index contributed by atoms with van der Waals surface area (Å²) in [5.74, 6) is 1.56. The van der Waals surface area contributed by atoms with E-state index >= 15 is 0 Å². The number of para-hydroxylation sites is 1. The lowest BCUT2D eigenvalue weighted by atomic mass is 10.2. The molecule has 0 unspecified atom stereocenters. The fourth-order valence-electron chi connectivity index (χ4n) is 2.30. The average molecular weight is 295 g/mol. The number of rotatable bonds is 5. The first-order chi connectivity index (χ1) is 10.8. The molecule has 112 valence electrons. The largest absolute Gasteiger partial charge is 0.457 e. The summed E-state index contributed by atoms with van der Waals surface area (Å²) in [7, 11) is 0. The van der Waals surface area contributed by atoms with Crippen molar-refractivity contribution in [3.63, 3.8) is 0 Å². The Bertz CT molecular complexity index is 736. The highest BCUT2D eigenvalue weighted by Gasteiger charge is 2.11. The minimum Gasteiger partial charge on any atom is -0.457 e. The lowest BCUT2D eigenvalue weighted by molar-refractivity contribution is 0.275. The molecule has 1 aromatic heterocycles. The zero-order chi connectivity index (χ0) is 15.4. The fraction of sp³-hybridized carbons (Fsp3) is 0.176. The van der Waals surface area contributed by atoms with Crippen molar-refractivity contribution in [2.75, 3.05) is 0 Å². The van der Waals surface area contributed by atoms with Gasteiger partial charge in [0.1, 0.15) is 17.2 Å². The van der Waals surface area contributed by atoms with E-state index in [0.29, 0.717) is 5.69 Å². The van der Waals surface area contributed by atoms with E-state index in [4.69, 9.17) is 4.74 Å². The Labute approximate surface area is 128 Å². The number of hydrogen-bond acceptors (Lipinski definition) is 4. The molecule has 3 aromatic rings. The predicted octanol–water partition coefficient (Wildman–Crippen LogP) is 3.11. The number of hydrogen-bond donors (Lipinski definition) is 1. The lowest BCUT2D eigenvalue weighted by Gasteiger charge is -2.08. The van der Waals surface area contributed by atoms with Gasteiger partial charge in [-0.1, -0.05) is 30.3 Å². The highest BCUT2D eigenvalue weighted by atomic mass is 16.5. The van der Waals surface area contributed by atoms with Crippen molar-refractivity contribution >= 4 is 0 Å². The molecule has 5 heteroatoms. The number of aliphatic hydroxyl groups excluding tert-OH is 1. The molecule has 0 bridgehead atoms. The molecule has 1 heterocycles. The third-order valence-electron chi connectivity index (χ3n) is 3.39. The standard InChI is InChI=1S/C17H17N3O2/c1-2-17-16(12-21)18-19-20(17)13-8-10-15(11-9-13)22-14-6-4-3-5-7-14/h3-11,21H,2,12H2,1H3. The third kappa shape index (κ3) is 2.84. The average Bonchev–Trinajstić information content (AvgIpc) is 2.99. The number of aromatic nitrogens is 3. The molecule has 0 saturated heterocycles. The molecule has 1 N–H and O–H groups in total. The summed E-state index contributed by atoms with van der Waals surface area (Å²) < 4.78 is 7.51. The first-order valence-electron chi connectivity index (χ1n) is 7.19. The Kier molecular flexibility index (Phi) is 4.16. The summed E-state index contributed by atoms with van der Waals surface area (Å²) in [6, 6.07) is 17.3. The molecule has 2 aromatic carbocycles. The van der Waals surface area contributed by atoms with Gasteiger partial charge in [0.05, 0.1) is 18.0 Å². The minimum atomic E-state index is -0.0988. The molecule has 5 nitrogen and oxygen atoms in total.